The monoisotopic (exact) mass is 527 g/mol. The first-order chi connectivity index (χ1) is 17.9. The minimum Gasteiger partial charge on any atom is -0.482 e. The van der Waals surface area contributed by atoms with Crippen LogP contribution in [0.4, 0.5) is 5.69 Å². The van der Waals surface area contributed by atoms with Gasteiger partial charge in [-0.15, -0.1) is 0 Å². The molecule has 0 aliphatic rings. The van der Waals surface area contributed by atoms with Crippen LogP contribution in [0, 0.1) is 0 Å². The Morgan fingerprint density at radius 3 is 2.38 bits per heavy atom. The number of hydrogen-bond donors (Lipinski definition) is 2. The molecular weight excluding hydrogens is 498 g/mol. The molecule has 1 heterocycles. The van der Waals surface area contributed by atoms with Gasteiger partial charge in [0, 0.05) is 38.4 Å². The van der Waals surface area contributed by atoms with Crippen molar-refractivity contribution in [1.29, 1.82) is 0 Å². The molecule has 37 heavy (non-hydrogen) atoms. The lowest BCUT2D eigenvalue weighted by molar-refractivity contribution is -0.115. The summed E-state index contributed by atoms with van der Waals surface area (Å²) in [5.74, 6) is -1.11. The number of aromatic nitrogens is 1. The number of nitrogens with one attached hydrogen (secondary N) is 2. The third-order valence-corrected chi connectivity index (χ3v) is 5.72. The Hall–Kier alpha value is -3.66. The summed E-state index contributed by atoms with van der Waals surface area (Å²) in [6, 6.07) is 16.3. The Labute approximate surface area is 220 Å². The van der Waals surface area contributed by atoms with E-state index in [-0.39, 0.29) is 49.2 Å². The number of hydrogen-bond acceptors (Lipinski definition) is 6. The molecule has 0 atom stereocenters. The number of amides is 2. The second kappa shape index (κ2) is 13.6. The number of methoxy groups -OCH3 is 2. The number of anilines is 1. The van der Waals surface area contributed by atoms with Gasteiger partial charge in [0.05, 0.1) is 6.54 Å². The zero-order valence-corrected chi connectivity index (χ0v) is 21.7. The van der Waals surface area contributed by atoms with E-state index >= 15 is 0 Å². The first-order valence-electron chi connectivity index (χ1n) is 11.7. The average molecular weight is 528 g/mol. The molecule has 0 unspecified atom stereocenters. The molecule has 0 aliphatic carbocycles. The van der Waals surface area contributed by atoms with Crippen LogP contribution >= 0.6 is 11.6 Å². The van der Waals surface area contributed by atoms with Crippen LogP contribution in [0.2, 0.25) is 5.02 Å². The summed E-state index contributed by atoms with van der Waals surface area (Å²) in [6.07, 6.45) is 0.823. The summed E-state index contributed by atoms with van der Waals surface area (Å²) < 4.78 is 18.1. The minimum atomic E-state index is -0.737. The van der Waals surface area contributed by atoms with Crippen molar-refractivity contribution in [2.45, 2.75) is 39.3 Å². The topological polar surface area (TPSA) is 108 Å². The van der Waals surface area contributed by atoms with Gasteiger partial charge >= 0.3 is 0 Å². The van der Waals surface area contributed by atoms with Crippen LogP contribution in [0.25, 0.3) is 0 Å². The van der Waals surface area contributed by atoms with Gasteiger partial charge in [-0.25, -0.2) is 0 Å². The number of pyridine rings is 1. The lowest BCUT2D eigenvalue weighted by atomic mass is 10.2. The fourth-order valence-electron chi connectivity index (χ4n) is 3.53. The molecule has 0 fully saturated rings. The van der Waals surface area contributed by atoms with Crippen LogP contribution in [0.5, 0.6) is 5.75 Å². The quantitative estimate of drug-likeness (QED) is 0.345. The molecule has 3 aromatic rings. The zero-order chi connectivity index (χ0) is 26.8. The summed E-state index contributed by atoms with van der Waals surface area (Å²) in [6.45, 7) is 1.92. The Bertz CT molecular complexity index is 1270. The van der Waals surface area contributed by atoms with Crippen molar-refractivity contribution in [3.05, 3.63) is 92.9 Å². The Balaban J connectivity index is 2.07. The zero-order valence-electron chi connectivity index (χ0n) is 21.0. The highest BCUT2D eigenvalue weighted by molar-refractivity contribution is 6.30. The van der Waals surface area contributed by atoms with E-state index in [1.165, 1.54) is 25.0 Å². The van der Waals surface area contributed by atoms with Gasteiger partial charge in [0.15, 0.2) is 17.7 Å². The van der Waals surface area contributed by atoms with Crippen LogP contribution in [-0.2, 0) is 34.0 Å². The maximum absolute atomic E-state index is 13.5. The van der Waals surface area contributed by atoms with Gasteiger partial charge in [-0.2, -0.15) is 0 Å². The molecule has 2 amide bonds. The molecule has 0 saturated heterocycles. The van der Waals surface area contributed by atoms with E-state index in [4.69, 9.17) is 25.8 Å². The Morgan fingerprint density at radius 2 is 1.73 bits per heavy atom. The van der Waals surface area contributed by atoms with Crippen molar-refractivity contribution in [3.8, 4) is 5.75 Å². The molecule has 0 aliphatic heterocycles. The van der Waals surface area contributed by atoms with Crippen LogP contribution in [0.3, 0.4) is 0 Å². The molecule has 2 aromatic carbocycles. The highest BCUT2D eigenvalue weighted by Gasteiger charge is 2.25. The molecule has 0 spiro atoms. The normalized spacial score (nSPS) is 10.8. The van der Waals surface area contributed by atoms with Crippen LogP contribution in [-0.4, -0.2) is 36.9 Å². The van der Waals surface area contributed by atoms with Crippen molar-refractivity contribution in [1.82, 2.24) is 9.88 Å². The fraction of sp³-hybridized carbons (Fsp3) is 0.296. The van der Waals surface area contributed by atoms with Gasteiger partial charge in [0.1, 0.15) is 12.3 Å². The molecule has 9 nitrogen and oxygen atoms in total. The highest BCUT2D eigenvalue weighted by Crippen LogP contribution is 2.21. The summed E-state index contributed by atoms with van der Waals surface area (Å²) in [5.41, 5.74) is 0.908. The summed E-state index contributed by atoms with van der Waals surface area (Å²) in [5, 5.41) is 5.96. The number of ether oxygens (including phenoxy) is 3. The molecule has 196 valence electrons. The maximum Gasteiger partial charge on any atom is 0.272 e. The fourth-order valence-corrected chi connectivity index (χ4v) is 3.74. The van der Waals surface area contributed by atoms with Crippen molar-refractivity contribution < 1.29 is 23.8 Å². The van der Waals surface area contributed by atoms with Crippen molar-refractivity contribution in [3.63, 3.8) is 0 Å². The Kier molecular flexibility index (Phi) is 10.3. The first-order valence-corrected chi connectivity index (χ1v) is 12.1. The number of rotatable bonds is 12. The summed E-state index contributed by atoms with van der Waals surface area (Å²) in [7, 11) is 2.92. The molecular formula is C27H30ClN3O6. The highest BCUT2D eigenvalue weighted by atomic mass is 35.5. The lowest BCUT2D eigenvalue weighted by Gasteiger charge is -2.22. The van der Waals surface area contributed by atoms with Crippen LogP contribution in [0.15, 0.2) is 65.6 Å². The van der Waals surface area contributed by atoms with E-state index in [0.29, 0.717) is 5.02 Å². The van der Waals surface area contributed by atoms with E-state index in [0.717, 1.165) is 11.1 Å². The van der Waals surface area contributed by atoms with Gasteiger partial charge in [-0.3, -0.25) is 14.4 Å². The number of carbonyl (C=O) groups excluding carboxylic acids is 2. The number of halogens is 1. The second-order valence-electron chi connectivity index (χ2n) is 8.09. The van der Waals surface area contributed by atoms with E-state index < -0.39 is 17.6 Å². The third kappa shape index (κ3) is 7.66. The van der Waals surface area contributed by atoms with Crippen molar-refractivity contribution in [2.75, 3.05) is 19.5 Å². The first kappa shape index (κ1) is 27.9. The summed E-state index contributed by atoms with van der Waals surface area (Å²) >= 11 is 6.07. The van der Waals surface area contributed by atoms with Gasteiger partial charge in [0.25, 0.3) is 5.91 Å². The Morgan fingerprint density at radius 1 is 1.03 bits per heavy atom. The smallest absolute Gasteiger partial charge is 0.272 e. The third-order valence-electron chi connectivity index (χ3n) is 5.49. The molecule has 10 heteroatoms. The van der Waals surface area contributed by atoms with E-state index in [2.05, 4.69) is 10.6 Å². The molecule has 1 aromatic heterocycles. The summed E-state index contributed by atoms with van der Waals surface area (Å²) in [4.78, 5) is 39.1. The molecule has 0 bridgehead atoms. The van der Waals surface area contributed by atoms with Gasteiger partial charge < -0.3 is 29.4 Å². The standard InChI is InChI=1S/C27H30ClN3O6/c1-4-22(32)30-21-15-31(16-23(35-2)36-3)24(27(34)29-14-19-11-8-12-20(28)13-19)26(25(21)33)37-17-18-9-6-5-7-10-18/h5-13,15,23H,4,14,16-17H2,1-3H3,(H,29,34)(H,30,32). The van der Waals surface area contributed by atoms with Gasteiger partial charge in [0.2, 0.25) is 11.3 Å². The van der Waals surface area contributed by atoms with Crippen LogP contribution < -0.4 is 20.8 Å². The number of nitrogens with zero attached hydrogens (tertiary/aromatic N) is 1. The molecule has 0 saturated carbocycles. The van der Waals surface area contributed by atoms with Crippen molar-refractivity contribution >= 4 is 29.1 Å². The second-order valence-corrected chi connectivity index (χ2v) is 8.53. The molecule has 0 radical (unpaired) electrons. The maximum atomic E-state index is 13.5. The molecule has 2 N–H and O–H groups in total. The van der Waals surface area contributed by atoms with Crippen LogP contribution in [0.1, 0.15) is 35.0 Å². The number of benzene rings is 2. The molecule has 3 rings (SSSR count). The van der Waals surface area contributed by atoms with Crippen molar-refractivity contribution in [2.24, 2.45) is 0 Å². The SMILES string of the molecule is CCC(=O)Nc1cn(CC(OC)OC)c(C(=O)NCc2cccc(Cl)c2)c(OCc2ccccc2)c1=O. The minimum absolute atomic E-state index is 0.0211. The predicted molar refractivity (Wildman–Crippen MR) is 141 cm³/mol. The van der Waals surface area contributed by atoms with E-state index in [1.807, 2.05) is 36.4 Å². The lowest BCUT2D eigenvalue weighted by Crippen LogP contribution is -2.33. The predicted octanol–water partition coefficient (Wildman–Crippen LogP) is 3.98. The largest absolute Gasteiger partial charge is 0.482 e. The van der Waals surface area contributed by atoms with Gasteiger partial charge in [-0.05, 0) is 23.3 Å². The number of carbonyl (C=O) groups is 2. The average Bonchev–Trinajstić information content (AvgIpc) is 2.91. The van der Waals surface area contributed by atoms with E-state index in [9.17, 15) is 14.4 Å². The van der Waals surface area contributed by atoms with Gasteiger partial charge in [-0.1, -0.05) is 61.0 Å². The van der Waals surface area contributed by atoms with E-state index in [1.54, 1.807) is 25.1 Å².